The molecule has 2 aliphatic rings. The fourth-order valence-corrected chi connectivity index (χ4v) is 4.42. The number of ether oxygens (including phenoxy) is 1. The van der Waals surface area contributed by atoms with Crippen LogP contribution in [0.25, 0.3) is 0 Å². The number of carbonyl (C=O) groups excluding carboxylic acids is 3. The Hall–Kier alpha value is -2.69. The van der Waals surface area contributed by atoms with E-state index in [4.69, 9.17) is 16.3 Å². The summed E-state index contributed by atoms with van der Waals surface area (Å²) in [6, 6.07) is 7.75. The average molecular weight is 484 g/mol. The van der Waals surface area contributed by atoms with Gasteiger partial charge in [-0.1, -0.05) is 11.6 Å². The number of hydrogen-bond donors (Lipinski definition) is 2. The molecule has 2 aliphatic heterocycles. The van der Waals surface area contributed by atoms with Crippen LogP contribution < -0.4 is 15.1 Å². The van der Waals surface area contributed by atoms with Crippen LogP contribution in [-0.2, 0) is 9.53 Å². The Labute approximate surface area is 193 Å². The molecule has 1 aromatic carbocycles. The minimum Gasteiger partial charge on any atom is -0.447 e. The first kappa shape index (κ1) is 24.0. The van der Waals surface area contributed by atoms with Crippen LogP contribution >= 0.6 is 22.9 Å². The standard InChI is InChI=1S/C15H17FN2O4.C6H6ClNOS/c16-12-8-11(17-5-1-2-10(9-19)14(17)20)3-4-13(12)18-6-7-22-15(18)21;1-8-6(9)4-2-3-5(7)10-4/h3-4,8,10,19H,1-2,5-7,9H2;2-3H,1H3,(H,8,9). The van der Waals surface area contributed by atoms with Gasteiger partial charge in [0, 0.05) is 19.3 Å². The van der Waals surface area contributed by atoms with E-state index in [0.29, 0.717) is 34.4 Å². The summed E-state index contributed by atoms with van der Waals surface area (Å²) in [6.07, 6.45) is 0.839. The lowest BCUT2D eigenvalue weighted by molar-refractivity contribution is -0.125. The van der Waals surface area contributed by atoms with Crippen LogP contribution in [0, 0.1) is 11.7 Å². The molecule has 8 nitrogen and oxygen atoms in total. The van der Waals surface area contributed by atoms with Gasteiger partial charge in [0.15, 0.2) is 0 Å². The lowest BCUT2D eigenvalue weighted by Gasteiger charge is -2.31. The van der Waals surface area contributed by atoms with Gasteiger partial charge in [0.2, 0.25) is 5.91 Å². The van der Waals surface area contributed by atoms with Crippen molar-refractivity contribution in [2.45, 2.75) is 12.8 Å². The molecular weight excluding hydrogens is 461 g/mol. The highest BCUT2D eigenvalue weighted by molar-refractivity contribution is 7.17. The number of anilines is 2. The number of halogens is 2. The zero-order valence-electron chi connectivity index (χ0n) is 17.3. The number of nitrogens with zero attached hydrogens (tertiary/aromatic N) is 2. The molecule has 172 valence electrons. The first-order valence-electron chi connectivity index (χ1n) is 9.99. The SMILES string of the molecule is CNC(=O)c1ccc(Cl)s1.O=C1C(CO)CCCN1c1ccc(N2CCOC2=O)c(F)c1. The fourth-order valence-electron chi connectivity index (χ4n) is 3.43. The fraction of sp³-hybridized carbons (Fsp3) is 0.381. The number of aliphatic hydroxyl groups excluding tert-OH is 1. The Morgan fingerprint density at radius 1 is 1.28 bits per heavy atom. The van der Waals surface area contributed by atoms with Gasteiger partial charge in [-0.2, -0.15) is 0 Å². The minimum absolute atomic E-state index is 0.0862. The molecule has 0 saturated carbocycles. The maximum absolute atomic E-state index is 14.3. The number of aliphatic hydroxyl groups is 1. The summed E-state index contributed by atoms with van der Waals surface area (Å²) in [7, 11) is 1.59. The second-order valence-corrected chi connectivity index (χ2v) is 8.81. The molecule has 3 amide bonds. The zero-order valence-corrected chi connectivity index (χ0v) is 18.9. The van der Waals surface area contributed by atoms with E-state index in [0.717, 1.165) is 6.42 Å². The van der Waals surface area contributed by atoms with E-state index in [-0.39, 0.29) is 30.7 Å². The van der Waals surface area contributed by atoms with Crippen molar-refractivity contribution in [1.29, 1.82) is 0 Å². The summed E-state index contributed by atoms with van der Waals surface area (Å²) >= 11 is 6.87. The molecule has 2 aromatic rings. The Morgan fingerprint density at radius 3 is 2.62 bits per heavy atom. The predicted octanol–water partition coefficient (Wildman–Crippen LogP) is 3.28. The van der Waals surface area contributed by atoms with Crippen LogP contribution in [0.3, 0.4) is 0 Å². The molecule has 4 rings (SSSR count). The summed E-state index contributed by atoms with van der Waals surface area (Å²) in [6.45, 7) is 0.850. The molecule has 0 aliphatic carbocycles. The first-order chi connectivity index (χ1) is 15.3. The molecule has 0 radical (unpaired) electrons. The van der Waals surface area contributed by atoms with Crippen molar-refractivity contribution >= 4 is 52.2 Å². The second kappa shape index (κ2) is 10.8. The monoisotopic (exact) mass is 483 g/mol. The van der Waals surface area contributed by atoms with Gasteiger partial charge in [-0.25, -0.2) is 9.18 Å². The van der Waals surface area contributed by atoms with Gasteiger partial charge in [0.25, 0.3) is 5.91 Å². The number of benzene rings is 1. The van der Waals surface area contributed by atoms with E-state index in [2.05, 4.69) is 5.32 Å². The number of piperidine rings is 1. The number of carbonyl (C=O) groups is 3. The van der Waals surface area contributed by atoms with E-state index < -0.39 is 17.8 Å². The number of nitrogens with one attached hydrogen (secondary N) is 1. The van der Waals surface area contributed by atoms with Gasteiger partial charge in [-0.15, -0.1) is 11.3 Å². The van der Waals surface area contributed by atoms with Crippen LogP contribution in [0.5, 0.6) is 0 Å². The molecule has 32 heavy (non-hydrogen) atoms. The zero-order chi connectivity index (χ0) is 23.3. The minimum atomic E-state index is -0.574. The number of thiophene rings is 1. The highest BCUT2D eigenvalue weighted by Crippen LogP contribution is 2.30. The lowest BCUT2D eigenvalue weighted by atomic mass is 9.97. The summed E-state index contributed by atoms with van der Waals surface area (Å²) in [4.78, 5) is 37.9. The lowest BCUT2D eigenvalue weighted by Crippen LogP contribution is -2.42. The van der Waals surface area contributed by atoms with Crippen LogP contribution in [0.2, 0.25) is 4.34 Å². The number of rotatable bonds is 4. The van der Waals surface area contributed by atoms with E-state index in [1.165, 1.54) is 33.3 Å². The van der Waals surface area contributed by atoms with Crippen molar-refractivity contribution in [3.05, 3.63) is 45.4 Å². The third kappa shape index (κ3) is 5.37. The molecule has 11 heteroatoms. The average Bonchev–Trinajstić information content (AvgIpc) is 3.42. The van der Waals surface area contributed by atoms with Crippen LogP contribution in [-0.4, -0.2) is 56.4 Å². The largest absolute Gasteiger partial charge is 0.447 e. The summed E-state index contributed by atoms with van der Waals surface area (Å²) in [5.41, 5.74) is 0.589. The third-order valence-corrected chi connectivity index (χ3v) is 6.32. The molecule has 2 N–H and O–H groups in total. The van der Waals surface area contributed by atoms with Crippen molar-refractivity contribution in [2.24, 2.45) is 5.92 Å². The van der Waals surface area contributed by atoms with E-state index in [1.54, 1.807) is 25.2 Å². The second-order valence-electron chi connectivity index (χ2n) is 7.10. The predicted molar refractivity (Wildman–Crippen MR) is 120 cm³/mol. The Morgan fingerprint density at radius 2 is 2.06 bits per heavy atom. The smallest absolute Gasteiger partial charge is 0.414 e. The highest BCUT2D eigenvalue weighted by atomic mass is 35.5. The van der Waals surface area contributed by atoms with Gasteiger partial charge >= 0.3 is 6.09 Å². The third-order valence-electron chi connectivity index (χ3n) is 5.09. The number of hydrogen-bond acceptors (Lipinski definition) is 6. The van der Waals surface area contributed by atoms with Crippen LogP contribution in [0.15, 0.2) is 30.3 Å². The molecule has 2 saturated heterocycles. The van der Waals surface area contributed by atoms with Gasteiger partial charge in [0.05, 0.1) is 34.0 Å². The molecule has 1 atom stereocenters. The molecule has 0 spiro atoms. The Bertz CT molecular complexity index is 1000. The topological polar surface area (TPSA) is 99.2 Å². The van der Waals surface area contributed by atoms with Crippen molar-refractivity contribution in [2.75, 3.05) is 43.2 Å². The van der Waals surface area contributed by atoms with Crippen molar-refractivity contribution in [1.82, 2.24) is 5.32 Å². The van der Waals surface area contributed by atoms with Crippen LogP contribution in [0.1, 0.15) is 22.5 Å². The number of amides is 3. The molecule has 1 aromatic heterocycles. The molecule has 0 bridgehead atoms. The van der Waals surface area contributed by atoms with Crippen molar-refractivity contribution < 1.29 is 28.6 Å². The van der Waals surface area contributed by atoms with Crippen LogP contribution in [0.4, 0.5) is 20.6 Å². The molecule has 1 unspecified atom stereocenters. The summed E-state index contributed by atoms with van der Waals surface area (Å²) < 4.78 is 19.7. The summed E-state index contributed by atoms with van der Waals surface area (Å²) in [5.74, 6) is -1.28. The van der Waals surface area contributed by atoms with Crippen molar-refractivity contribution in [3.63, 3.8) is 0 Å². The summed E-state index contributed by atoms with van der Waals surface area (Å²) in [5, 5.41) is 11.7. The van der Waals surface area contributed by atoms with Gasteiger partial charge in [-0.05, 0) is 43.2 Å². The van der Waals surface area contributed by atoms with E-state index in [1.807, 2.05) is 0 Å². The van der Waals surface area contributed by atoms with Gasteiger partial charge < -0.3 is 20.1 Å². The van der Waals surface area contributed by atoms with Crippen molar-refractivity contribution in [3.8, 4) is 0 Å². The molecule has 3 heterocycles. The molecular formula is C21H23ClFN3O5S. The Balaban J connectivity index is 0.000000243. The highest BCUT2D eigenvalue weighted by Gasteiger charge is 2.31. The molecule has 2 fully saturated rings. The maximum Gasteiger partial charge on any atom is 0.414 e. The van der Waals surface area contributed by atoms with Gasteiger partial charge in [-0.3, -0.25) is 14.5 Å². The van der Waals surface area contributed by atoms with Gasteiger partial charge in [0.1, 0.15) is 12.4 Å². The first-order valence-corrected chi connectivity index (χ1v) is 11.2. The quantitative estimate of drug-likeness (QED) is 0.695. The normalized spacial score (nSPS) is 18.2. The van der Waals surface area contributed by atoms with E-state index in [9.17, 15) is 23.9 Å². The Kier molecular flexibility index (Phi) is 8.05. The number of cyclic esters (lactones) is 1. The maximum atomic E-state index is 14.3. The van der Waals surface area contributed by atoms with E-state index >= 15 is 0 Å².